The van der Waals surface area contributed by atoms with Gasteiger partial charge < -0.3 is 15.5 Å². The number of nitrogens with one attached hydrogen (secondary N) is 1. The molecule has 0 bridgehead atoms. The Morgan fingerprint density at radius 1 is 1.33 bits per heavy atom. The molecule has 1 amide bonds. The maximum absolute atomic E-state index is 12.0. The molecule has 7 nitrogen and oxygen atoms in total. The minimum atomic E-state index is -0.779. The van der Waals surface area contributed by atoms with E-state index in [9.17, 15) is 15.0 Å². The van der Waals surface area contributed by atoms with Gasteiger partial charge in [0.15, 0.2) is 10.7 Å². The van der Waals surface area contributed by atoms with E-state index in [1.807, 2.05) is 0 Å². The highest BCUT2D eigenvalue weighted by Crippen LogP contribution is 2.26. The molecule has 0 aliphatic heterocycles. The molecular formula is C13H10N4O3S. The van der Waals surface area contributed by atoms with Crippen molar-refractivity contribution in [2.45, 2.75) is 5.16 Å². The zero-order valence-electron chi connectivity index (χ0n) is 10.9. The third-order valence-electron chi connectivity index (χ3n) is 2.43. The zero-order chi connectivity index (χ0) is 15.4. The Hall–Kier alpha value is -2.79. The Morgan fingerprint density at radius 3 is 2.48 bits per heavy atom. The Balaban J connectivity index is 2.26. The van der Waals surface area contributed by atoms with E-state index in [-0.39, 0.29) is 11.0 Å². The van der Waals surface area contributed by atoms with Crippen molar-refractivity contribution in [1.29, 1.82) is 0 Å². The van der Waals surface area contributed by atoms with Crippen molar-refractivity contribution in [2.24, 2.45) is 0 Å². The first-order valence-electron chi connectivity index (χ1n) is 5.63. The summed E-state index contributed by atoms with van der Waals surface area (Å²) in [5.41, 5.74) is 0.141. The monoisotopic (exact) mass is 302 g/mol. The molecule has 0 unspecified atom stereocenters. The highest BCUT2D eigenvalue weighted by molar-refractivity contribution is 7.98. The molecule has 2 rings (SSSR count). The van der Waals surface area contributed by atoms with Crippen molar-refractivity contribution < 1.29 is 15.0 Å². The number of carbonyl (C=O) groups excluding carboxylic acids is 1. The number of hydrogen-bond acceptors (Lipinski definition) is 7. The minimum absolute atomic E-state index is 0.151. The fourth-order valence-corrected chi connectivity index (χ4v) is 1.80. The van der Waals surface area contributed by atoms with Gasteiger partial charge in [0, 0.05) is 11.8 Å². The second kappa shape index (κ2) is 6.11. The molecule has 2 heterocycles. The van der Waals surface area contributed by atoms with Gasteiger partial charge in [-0.25, -0.2) is 4.98 Å². The summed E-state index contributed by atoms with van der Waals surface area (Å²) in [6.45, 7) is 0. The van der Waals surface area contributed by atoms with Gasteiger partial charge in [0.25, 0.3) is 5.91 Å². The molecule has 2 aromatic heterocycles. The van der Waals surface area contributed by atoms with E-state index in [2.05, 4.69) is 26.2 Å². The number of amides is 1. The maximum Gasteiger partial charge on any atom is 0.267 e. The third kappa shape index (κ3) is 3.21. The fourth-order valence-electron chi connectivity index (χ4n) is 1.44. The predicted molar refractivity (Wildman–Crippen MR) is 77.3 cm³/mol. The van der Waals surface area contributed by atoms with Crippen molar-refractivity contribution in [3.8, 4) is 24.1 Å². The van der Waals surface area contributed by atoms with E-state index >= 15 is 0 Å². The van der Waals surface area contributed by atoms with Gasteiger partial charge in [-0.2, -0.15) is 9.97 Å². The summed E-state index contributed by atoms with van der Waals surface area (Å²) in [6.07, 6.45) is 8.27. The topological polar surface area (TPSA) is 108 Å². The van der Waals surface area contributed by atoms with Crippen LogP contribution in [0.15, 0.2) is 23.5 Å². The van der Waals surface area contributed by atoms with E-state index in [0.29, 0.717) is 5.56 Å². The summed E-state index contributed by atoms with van der Waals surface area (Å²) < 4.78 is 0. The molecule has 2 aromatic rings. The number of hydrogen-bond donors (Lipinski definition) is 3. The van der Waals surface area contributed by atoms with Crippen LogP contribution in [0.3, 0.4) is 0 Å². The molecule has 0 fully saturated rings. The fraction of sp³-hybridized carbons (Fsp3) is 0.0769. The van der Waals surface area contributed by atoms with Crippen LogP contribution in [0.4, 0.5) is 5.82 Å². The minimum Gasteiger partial charge on any atom is -0.493 e. The number of anilines is 1. The molecule has 0 saturated carbocycles. The Bertz CT molecular complexity index is 702. The number of nitrogens with zero attached hydrogens (tertiary/aromatic N) is 3. The number of terminal acetylenes is 1. The van der Waals surface area contributed by atoms with Gasteiger partial charge >= 0.3 is 0 Å². The van der Waals surface area contributed by atoms with E-state index in [1.165, 1.54) is 12.3 Å². The van der Waals surface area contributed by atoms with Gasteiger partial charge in [-0.05, 0) is 18.4 Å². The Labute approximate surface area is 124 Å². The van der Waals surface area contributed by atoms with Crippen LogP contribution in [0.5, 0.6) is 11.8 Å². The van der Waals surface area contributed by atoms with Crippen LogP contribution < -0.4 is 5.32 Å². The first kappa shape index (κ1) is 14.6. The van der Waals surface area contributed by atoms with Crippen molar-refractivity contribution >= 4 is 23.5 Å². The second-order valence-corrected chi connectivity index (χ2v) is 4.54. The molecule has 0 aliphatic rings. The van der Waals surface area contributed by atoms with E-state index in [0.717, 1.165) is 11.8 Å². The summed E-state index contributed by atoms with van der Waals surface area (Å²) in [5, 5.41) is 22.0. The van der Waals surface area contributed by atoms with Crippen molar-refractivity contribution in [3.05, 3.63) is 29.5 Å². The lowest BCUT2D eigenvalue weighted by Crippen LogP contribution is -2.14. The molecule has 106 valence electrons. The standard InChI is InChI=1S/C13H10N4O3S/c1-3-7-4-5-8(14-6-7)15-10(18)9-11(19)16-13(21-2)17-12(9)20/h1,4-6H,2H3,(H,14,15,18)(H2,16,17,19,20). The number of pyridine rings is 1. The van der Waals surface area contributed by atoms with E-state index in [4.69, 9.17) is 6.42 Å². The number of carbonyl (C=O) groups is 1. The van der Waals surface area contributed by atoms with Crippen LogP contribution in [0, 0.1) is 12.3 Å². The van der Waals surface area contributed by atoms with Crippen LogP contribution in [0.1, 0.15) is 15.9 Å². The smallest absolute Gasteiger partial charge is 0.267 e. The number of aromatic hydroxyl groups is 2. The number of rotatable bonds is 3. The predicted octanol–water partition coefficient (Wildman–Crippen LogP) is 1.24. The SMILES string of the molecule is C#Cc1ccc(NC(=O)c2c(O)nc(SC)nc2O)nc1. The average Bonchev–Trinajstić information content (AvgIpc) is 2.47. The third-order valence-corrected chi connectivity index (χ3v) is 2.98. The normalized spacial score (nSPS) is 9.90. The first-order valence-corrected chi connectivity index (χ1v) is 6.85. The Morgan fingerprint density at radius 2 is 2.00 bits per heavy atom. The summed E-state index contributed by atoms with van der Waals surface area (Å²) in [4.78, 5) is 23.3. The van der Waals surface area contributed by atoms with Gasteiger partial charge in [0.2, 0.25) is 11.8 Å². The molecule has 3 N–H and O–H groups in total. The second-order valence-electron chi connectivity index (χ2n) is 3.76. The molecule has 0 saturated heterocycles. The van der Waals surface area contributed by atoms with Crippen LogP contribution in [0.25, 0.3) is 0 Å². The number of aromatic nitrogens is 3. The largest absolute Gasteiger partial charge is 0.493 e. The van der Waals surface area contributed by atoms with Crippen LogP contribution in [-0.4, -0.2) is 37.3 Å². The van der Waals surface area contributed by atoms with Gasteiger partial charge in [0.05, 0.1) is 0 Å². The lowest BCUT2D eigenvalue weighted by Gasteiger charge is -2.07. The highest BCUT2D eigenvalue weighted by Gasteiger charge is 2.21. The van der Waals surface area contributed by atoms with Gasteiger partial charge in [-0.1, -0.05) is 17.7 Å². The van der Waals surface area contributed by atoms with Crippen molar-refractivity contribution in [2.75, 3.05) is 11.6 Å². The zero-order valence-corrected chi connectivity index (χ0v) is 11.7. The molecular weight excluding hydrogens is 292 g/mol. The molecule has 0 atom stereocenters. The lowest BCUT2D eigenvalue weighted by atomic mass is 10.2. The van der Waals surface area contributed by atoms with Crippen LogP contribution >= 0.6 is 11.8 Å². The van der Waals surface area contributed by atoms with Gasteiger partial charge in [-0.15, -0.1) is 6.42 Å². The van der Waals surface area contributed by atoms with Crippen LogP contribution in [-0.2, 0) is 0 Å². The lowest BCUT2D eigenvalue weighted by molar-refractivity contribution is 0.101. The highest BCUT2D eigenvalue weighted by atomic mass is 32.2. The molecule has 0 spiro atoms. The van der Waals surface area contributed by atoms with Crippen LogP contribution in [0.2, 0.25) is 0 Å². The van der Waals surface area contributed by atoms with Crippen molar-refractivity contribution in [3.63, 3.8) is 0 Å². The average molecular weight is 302 g/mol. The number of thioether (sulfide) groups is 1. The van der Waals surface area contributed by atoms with Gasteiger partial charge in [-0.3, -0.25) is 4.79 Å². The summed E-state index contributed by atoms with van der Waals surface area (Å²) in [7, 11) is 0. The summed E-state index contributed by atoms with van der Waals surface area (Å²) in [5.74, 6) is 0.614. The van der Waals surface area contributed by atoms with E-state index < -0.39 is 23.2 Å². The van der Waals surface area contributed by atoms with E-state index in [1.54, 1.807) is 12.3 Å². The summed E-state index contributed by atoms with van der Waals surface area (Å²) in [6, 6.07) is 3.09. The first-order chi connectivity index (χ1) is 10.0. The molecule has 0 aliphatic carbocycles. The molecule has 21 heavy (non-hydrogen) atoms. The summed E-state index contributed by atoms with van der Waals surface area (Å²) >= 11 is 1.12. The van der Waals surface area contributed by atoms with Crippen molar-refractivity contribution in [1.82, 2.24) is 15.0 Å². The molecule has 8 heteroatoms. The van der Waals surface area contributed by atoms with Gasteiger partial charge in [0.1, 0.15) is 5.82 Å². The maximum atomic E-state index is 12.0. The molecule has 0 radical (unpaired) electrons. The quantitative estimate of drug-likeness (QED) is 0.444. The molecule has 0 aromatic carbocycles. The Kier molecular flexibility index (Phi) is 4.25.